The minimum atomic E-state index is -0.542. The summed E-state index contributed by atoms with van der Waals surface area (Å²) in [4.78, 5) is 29.0. The first-order valence-electron chi connectivity index (χ1n) is 8.74. The van der Waals surface area contributed by atoms with Crippen molar-refractivity contribution in [2.45, 2.75) is 44.2 Å². The van der Waals surface area contributed by atoms with Crippen LogP contribution in [0.1, 0.15) is 30.5 Å². The molecule has 1 aromatic carbocycles. The molecule has 5 heteroatoms. The molecule has 25 heavy (non-hydrogen) atoms. The summed E-state index contributed by atoms with van der Waals surface area (Å²) >= 11 is 0. The van der Waals surface area contributed by atoms with Crippen LogP contribution in [-0.4, -0.2) is 28.9 Å². The Morgan fingerprint density at radius 3 is 2.52 bits per heavy atom. The number of pyridine rings is 1. The van der Waals surface area contributed by atoms with Gasteiger partial charge in [-0.15, -0.1) is 0 Å². The van der Waals surface area contributed by atoms with E-state index in [-0.39, 0.29) is 17.9 Å². The number of rotatable bonds is 8. The van der Waals surface area contributed by atoms with E-state index in [9.17, 15) is 9.59 Å². The van der Waals surface area contributed by atoms with Gasteiger partial charge in [0.1, 0.15) is 6.04 Å². The molecule has 0 aliphatic heterocycles. The SMILES string of the molecule is O=C(CCc1ccccn1)NC(Cc1ccccc1)C(=O)NC1CC1. The second-order valence-electron chi connectivity index (χ2n) is 6.41. The molecule has 1 aromatic heterocycles. The van der Waals surface area contributed by atoms with E-state index in [1.54, 1.807) is 6.20 Å². The van der Waals surface area contributed by atoms with Crippen molar-refractivity contribution < 1.29 is 9.59 Å². The molecular weight excluding hydrogens is 314 g/mol. The molecule has 1 unspecified atom stereocenters. The van der Waals surface area contributed by atoms with Crippen molar-refractivity contribution in [3.63, 3.8) is 0 Å². The summed E-state index contributed by atoms with van der Waals surface area (Å²) < 4.78 is 0. The van der Waals surface area contributed by atoms with Crippen LogP contribution in [0.5, 0.6) is 0 Å². The lowest BCUT2D eigenvalue weighted by Gasteiger charge is -2.18. The van der Waals surface area contributed by atoms with Gasteiger partial charge >= 0.3 is 0 Å². The highest BCUT2D eigenvalue weighted by atomic mass is 16.2. The Morgan fingerprint density at radius 2 is 1.84 bits per heavy atom. The molecule has 2 N–H and O–H groups in total. The summed E-state index contributed by atoms with van der Waals surface area (Å²) in [7, 11) is 0. The lowest BCUT2D eigenvalue weighted by atomic mass is 10.0. The largest absolute Gasteiger partial charge is 0.352 e. The number of carbonyl (C=O) groups excluding carboxylic acids is 2. The third-order valence-corrected chi connectivity index (χ3v) is 4.19. The van der Waals surface area contributed by atoms with Gasteiger partial charge in [0.25, 0.3) is 0 Å². The molecule has 0 saturated heterocycles. The van der Waals surface area contributed by atoms with Crippen LogP contribution in [0.15, 0.2) is 54.7 Å². The van der Waals surface area contributed by atoms with Crippen molar-refractivity contribution in [3.8, 4) is 0 Å². The van der Waals surface area contributed by atoms with Gasteiger partial charge in [-0.1, -0.05) is 36.4 Å². The van der Waals surface area contributed by atoms with E-state index >= 15 is 0 Å². The maximum atomic E-state index is 12.5. The second-order valence-corrected chi connectivity index (χ2v) is 6.41. The Labute approximate surface area is 147 Å². The number of aryl methyl sites for hydroxylation is 1. The van der Waals surface area contributed by atoms with Gasteiger partial charge in [0.2, 0.25) is 11.8 Å². The molecule has 0 bridgehead atoms. The van der Waals surface area contributed by atoms with Crippen LogP contribution in [0.4, 0.5) is 0 Å². The number of hydrogen-bond acceptors (Lipinski definition) is 3. The average Bonchev–Trinajstić information content (AvgIpc) is 3.45. The summed E-state index contributed by atoms with van der Waals surface area (Å²) in [6, 6.07) is 15.1. The molecule has 3 rings (SSSR count). The maximum Gasteiger partial charge on any atom is 0.243 e. The predicted octanol–water partition coefficient (Wildman–Crippen LogP) is 2.02. The van der Waals surface area contributed by atoms with Crippen molar-refractivity contribution in [3.05, 3.63) is 66.0 Å². The van der Waals surface area contributed by atoms with Crippen LogP contribution in [0.2, 0.25) is 0 Å². The van der Waals surface area contributed by atoms with Gasteiger partial charge in [0.15, 0.2) is 0 Å². The van der Waals surface area contributed by atoms with E-state index in [0.29, 0.717) is 19.3 Å². The van der Waals surface area contributed by atoms with Gasteiger partial charge in [-0.25, -0.2) is 0 Å². The number of benzene rings is 1. The first-order valence-corrected chi connectivity index (χ1v) is 8.74. The Hall–Kier alpha value is -2.69. The number of nitrogens with one attached hydrogen (secondary N) is 2. The predicted molar refractivity (Wildman–Crippen MR) is 95.8 cm³/mol. The number of nitrogens with zero attached hydrogens (tertiary/aromatic N) is 1. The zero-order chi connectivity index (χ0) is 17.5. The van der Waals surface area contributed by atoms with Crippen LogP contribution < -0.4 is 10.6 Å². The van der Waals surface area contributed by atoms with Crippen LogP contribution in [-0.2, 0) is 22.4 Å². The smallest absolute Gasteiger partial charge is 0.243 e. The third-order valence-electron chi connectivity index (χ3n) is 4.19. The van der Waals surface area contributed by atoms with Gasteiger partial charge in [0, 0.05) is 30.8 Å². The molecule has 5 nitrogen and oxygen atoms in total. The van der Waals surface area contributed by atoms with Gasteiger partial charge in [-0.3, -0.25) is 14.6 Å². The molecule has 2 aromatic rings. The average molecular weight is 337 g/mol. The highest BCUT2D eigenvalue weighted by Gasteiger charge is 2.28. The molecule has 1 aliphatic rings. The molecule has 1 fully saturated rings. The Morgan fingerprint density at radius 1 is 1.08 bits per heavy atom. The maximum absolute atomic E-state index is 12.5. The lowest BCUT2D eigenvalue weighted by Crippen LogP contribution is -2.48. The Balaban J connectivity index is 1.57. The summed E-state index contributed by atoms with van der Waals surface area (Å²) in [5, 5.41) is 5.88. The summed E-state index contributed by atoms with van der Waals surface area (Å²) in [6.07, 6.45) is 5.14. The fourth-order valence-electron chi connectivity index (χ4n) is 2.64. The number of carbonyl (C=O) groups is 2. The molecule has 1 saturated carbocycles. The topological polar surface area (TPSA) is 71.1 Å². The quantitative estimate of drug-likeness (QED) is 0.774. The van der Waals surface area contributed by atoms with Gasteiger partial charge in [-0.2, -0.15) is 0 Å². The second kappa shape index (κ2) is 8.42. The zero-order valence-corrected chi connectivity index (χ0v) is 14.2. The molecule has 1 heterocycles. The fraction of sp³-hybridized carbons (Fsp3) is 0.350. The summed E-state index contributed by atoms with van der Waals surface area (Å²) in [5.41, 5.74) is 1.91. The van der Waals surface area contributed by atoms with Gasteiger partial charge in [0.05, 0.1) is 0 Å². The van der Waals surface area contributed by atoms with Crippen LogP contribution in [0, 0.1) is 0 Å². The summed E-state index contributed by atoms with van der Waals surface area (Å²) in [6.45, 7) is 0. The monoisotopic (exact) mass is 337 g/mol. The van der Waals surface area contributed by atoms with E-state index in [4.69, 9.17) is 0 Å². The Bertz CT molecular complexity index is 699. The van der Waals surface area contributed by atoms with Crippen molar-refractivity contribution in [2.75, 3.05) is 0 Å². The highest BCUT2D eigenvalue weighted by Crippen LogP contribution is 2.19. The normalized spacial score (nSPS) is 14.6. The summed E-state index contributed by atoms with van der Waals surface area (Å²) in [5.74, 6) is -0.227. The van der Waals surface area contributed by atoms with Gasteiger partial charge in [-0.05, 0) is 37.0 Å². The van der Waals surface area contributed by atoms with Crippen molar-refractivity contribution in [1.29, 1.82) is 0 Å². The van der Waals surface area contributed by atoms with E-state index in [1.807, 2.05) is 48.5 Å². The molecule has 0 radical (unpaired) electrons. The first-order chi connectivity index (χ1) is 12.2. The lowest BCUT2D eigenvalue weighted by molar-refractivity contribution is -0.129. The molecule has 1 aliphatic carbocycles. The van der Waals surface area contributed by atoms with Gasteiger partial charge < -0.3 is 10.6 Å². The van der Waals surface area contributed by atoms with Crippen LogP contribution in [0.25, 0.3) is 0 Å². The standard InChI is InChI=1S/C20H23N3O2/c24-19(12-11-16-8-4-5-13-21-16)23-18(20(25)22-17-9-10-17)14-15-6-2-1-3-7-15/h1-8,13,17-18H,9-12,14H2,(H,22,25)(H,23,24). The Kier molecular flexibility index (Phi) is 5.77. The number of hydrogen-bond donors (Lipinski definition) is 2. The third kappa shape index (κ3) is 5.71. The number of amides is 2. The zero-order valence-electron chi connectivity index (χ0n) is 14.2. The van der Waals surface area contributed by atoms with E-state index in [2.05, 4.69) is 15.6 Å². The van der Waals surface area contributed by atoms with E-state index in [1.165, 1.54) is 0 Å². The molecule has 0 spiro atoms. The van der Waals surface area contributed by atoms with Crippen molar-refractivity contribution in [2.24, 2.45) is 0 Å². The minimum absolute atomic E-state index is 0.0995. The fourth-order valence-corrected chi connectivity index (χ4v) is 2.64. The van der Waals surface area contributed by atoms with E-state index in [0.717, 1.165) is 24.1 Å². The van der Waals surface area contributed by atoms with Crippen LogP contribution in [0.3, 0.4) is 0 Å². The molecule has 1 atom stereocenters. The molecular formula is C20H23N3O2. The van der Waals surface area contributed by atoms with E-state index < -0.39 is 6.04 Å². The number of aromatic nitrogens is 1. The highest BCUT2D eigenvalue weighted by molar-refractivity contribution is 5.88. The minimum Gasteiger partial charge on any atom is -0.352 e. The van der Waals surface area contributed by atoms with Crippen LogP contribution >= 0.6 is 0 Å². The molecule has 2 amide bonds. The van der Waals surface area contributed by atoms with Crippen molar-refractivity contribution >= 4 is 11.8 Å². The molecule has 130 valence electrons. The van der Waals surface area contributed by atoms with Crippen molar-refractivity contribution in [1.82, 2.24) is 15.6 Å². The first kappa shape index (κ1) is 17.1.